The summed E-state index contributed by atoms with van der Waals surface area (Å²) in [6, 6.07) is 13.0. The molecule has 0 unspecified atom stereocenters. The van der Waals surface area contributed by atoms with E-state index in [1.807, 2.05) is 30.3 Å². The monoisotopic (exact) mass is 347 g/mol. The number of hydrogen-bond donors (Lipinski definition) is 0. The molecule has 26 heavy (non-hydrogen) atoms. The van der Waals surface area contributed by atoms with Crippen LogP contribution in [0.3, 0.4) is 0 Å². The summed E-state index contributed by atoms with van der Waals surface area (Å²) in [5.74, 6) is 1.86. The van der Waals surface area contributed by atoms with Crippen LogP contribution in [0.1, 0.15) is 11.1 Å². The number of nitrogens with zero attached hydrogens (tertiary/aromatic N) is 1. The number of cyclic esters (lactones) is 1. The second-order valence-corrected chi connectivity index (χ2v) is 5.95. The number of benzene rings is 2. The van der Waals surface area contributed by atoms with Crippen molar-refractivity contribution < 1.29 is 23.7 Å². The molecule has 0 N–H and O–H groups in total. The maximum absolute atomic E-state index is 12.2. The van der Waals surface area contributed by atoms with Gasteiger partial charge in [0.2, 0.25) is 12.7 Å². The maximum atomic E-state index is 12.2. The molecule has 2 aromatic rings. The Labute approximate surface area is 149 Å². The van der Waals surface area contributed by atoms with Crippen LogP contribution in [0, 0.1) is 0 Å². The fraction of sp³-hybridized carbons (Fsp3) is 0.100. The molecule has 5 rings (SSSR count). The van der Waals surface area contributed by atoms with Crippen LogP contribution in [-0.4, -0.2) is 25.3 Å². The van der Waals surface area contributed by atoms with Gasteiger partial charge in [0, 0.05) is 11.1 Å². The Kier molecular flexibility index (Phi) is 3.28. The first-order chi connectivity index (χ1) is 12.8. The average molecular weight is 347 g/mol. The number of hydrogen-bond acceptors (Lipinski definition) is 6. The van der Waals surface area contributed by atoms with Crippen molar-refractivity contribution in [3.8, 4) is 17.2 Å². The number of para-hydroxylation sites is 1. The first kappa shape index (κ1) is 14.8. The van der Waals surface area contributed by atoms with Gasteiger partial charge in [-0.15, -0.1) is 0 Å². The van der Waals surface area contributed by atoms with Gasteiger partial charge in [0.15, 0.2) is 17.2 Å². The van der Waals surface area contributed by atoms with E-state index in [1.54, 1.807) is 24.3 Å². The molecule has 0 fully saturated rings. The zero-order chi connectivity index (χ0) is 17.5. The molecule has 0 bridgehead atoms. The molecule has 0 aliphatic carbocycles. The molecule has 128 valence electrons. The molecule has 0 saturated heterocycles. The molecular formula is C20H13NO5. The number of carbonyl (C=O) groups is 1. The van der Waals surface area contributed by atoms with Crippen LogP contribution in [0.25, 0.3) is 6.08 Å². The van der Waals surface area contributed by atoms with Gasteiger partial charge in [-0.1, -0.05) is 18.2 Å². The standard InChI is InChI=1S/C20H13NO5/c22-20-15(8-12-7-13-3-1-2-4-16(13)23-10-12)21-19(26-20)14-5-6-17-18(9-14)25-11-24-17/h1-9H,10-11H2. The second-order valence-electron chi connectivity index (χ2n) is 5.95. The van der Waals surface area contributed by atoms with Crippen molar-refractivity contribution in [3.63, 3.8) is 0 Å². The van der Waals surface area contributed by atoms with Crippen molar-refractivity contribution in [1.29, 1.82) is 0 Å². The molecule has 0 aromatic heterocycles. The van der Waals surface area contributed by atoms with Crippen molar-refractivity contribution in [2.75, 3.05) is 13.4 Å². The smallest absolute Gasteiger partial charge is 0.363 e. The largest absolute Gasteiger partial charge is 0.488 e. The van der Waals surface area contributed by atoms with E-state index in [9.17, 15) is 4.79 Å². The molecule has 6 nitrogen and oxygen atoms in total. The summed E-state index contributed by atoms with van der Waals surface area (Å²) in [7, 11) is 0. The van der Waals surface area contributed by atoms with E-state index < -0.39 is 5.97 Å². The quantitative estimate of drug-likeness (QED) is 0.617. The summed E-state index contributed by atoms with van der Waals surface area (Å²) in [5, 5.41) is 0. The molecule has 0 radical (unpaired) electrons. The lowest BCUT2D eigenvalue weighted by Gasteiger charge is -2.15. The molecule has 3 heterocycles. The molecule has 0 saturated carbocycles. The van der Waals surface area contributed by atoms with Crippen LogP contribution < -0.4 is 14.2 Å². The van der Waals surface area contributed by atoms with Gasteiger partial charge in [0.1, 0.15) is 12.4 Å². The van der Waals surface area contributed by atoms with E-state index in [1.165, 1.54) is 0 Å². The Morgan fingerprint density at radius 2 is 1.85 bits per heavy atom. The highest BCUT2D eigenvalue weighted by atomic mass is 16.7. The van der Waals surface area contributed by atoms with Crippen LogP contribution in [0.4, 0.5) is 0 Å². The molecule has 0 spiro atoms. The fourth-order valence-electron chi connectivity index (χ4n) is 2.95. The van der Waals surface area contributed by atoms with Gasteiger partial charge in [-0.2, -0.15) is 0 Å². The van der Waals surface area contributed by atoms with Crippen molar-refractivity contribution in [1.82, 2.24) is 0 Å². The highest BCUT2D eigenvalue weighted by Crippen LogP contribution is 2.34. The lowest BCUT2D eigenvalue weighted by molar-refractivity contribution is -0.130. The molecular weight excluding hydrogens is 334 g/mol. The van der Waals surface area contributed by atoms with Crippen LogP contribution >= 0.6 is 0 Å². The number of carbonyl (C=O) groups excluding carboxylic acids is 1. The van der Waals surface area contributed by atoms with Gasteiger partial charge in [-0.25, -0.2) is 9.79 Å². The van der Waals surface area contributed by atoms with E-state index >= 15 is 0 Å². The first-order valence-corrected chi connectivity index (χ1v) is 8.11. The predicted octanol–water partition coefficient (Wildman–Crippen LogP) is 3.08. The summed E-state index contributed by atoms with van der Waals surface area (Å²) >= 11 is 0. The third-order valence-corrected chi connectivity index (χ3v) is 4.22. The zero-order valence-electron chi connectivity index (χ0n) is 13.6. The summed E-state index contributed by atoms with van der Waals surface area (Å²) < 4.78 is 21.6. The Bertz CT molecular complexity index is 1020. The summed E-state index contributed by atoms with van der Waals surface area (Å²) in [5.41, 5.74) is 2.72. The summed E-state index contributed by atoms with van der Waals surface area (Å²) in [6.07, 6.45) is 3.67. The van der Waals surface area contributed by atoms with Gasteiger partial charge in [-0.05, 0) is 42.0 Å². The van der Waals surface area contributed by atoms with E-state index in [4.69, 9.17) is 18.9 Å². The first-order valence-electron chi connectivity index (χ1n) is 8.11. The number of esters is 1. The van der Waals surface area contributed by atoms with Gasteiger partial charge >= 0.3 is 5.97 Å². The molecule has 3 aliphatic heterocycles. The Morgan fingerprint density at radius 1 is 0.962 bits per heavy atom. The predicted molar refractivity (Wildman–Crippen MR) is 93.2 cm³/mol. The van der Waals surface area contributed by atoms with Gasteiger partial charge in [0.25, 0.3) is 0 Å². The molecule has 6 heteroatoms. The van der Waals surface area contributed by atoms with Gasteiger partial charge in [-0.3, -0.25) is 0 Å². The summed E-state index contributed by atoms with van der Waals surface area (Å²) in [6.45, 7) is 0.564. The highest BCUT2D eigenvalue weighted by Gasteiger charge is 2.26. The average Bonchev–Trinajstić information content (AvgIpc) is 3.28. The van der Waals surface area contributed by atoms with Gasteiger partial charge < -0.3 is 18.9 Å². The normalized spacial score (nSPS) is 18.8. The van der Waals surface area contributed by atoms with E-state index in [0.717, 1.165) is 16.9 Å². The number of ether oxygens (including phenoxy) is 4. The third-order valence-electron chi connectivity index (χ3n) is 4.22. The summed E-state index contributed by atoms with van der Waals surface area (Å²) in [4.78, 5) is 16.5. The Hall–Kier alpha value is -3.54. The minimum atomic E-state index is -0.488. The minimum absolute atomic E-state index is 0.186. The van der Waals surface area contributed by atoms with E-state index in [2.05, 4.69) is 4.99 Å². The number of aliphatic imine (C=N–C) groups is 1. The Balaban J connectivity index is 1.46. The van der Waals surface area contributed by atoms with E-state index in [0.29, 0.717) is 23.7 Å². The lowest BCUT2D eigenvalue weighted by Crippen LogP contribution is -2.08. The Morgan fingerprint density at radius 3 is 2.81 bits per heavy atom. The zero-order valence-corrected chi connectivity index (χ0v) is 13.6. The maximum Gasteiger partial charge on any atom is 0.363 e. The molecule has 0 atom stereocenters. The van der Waals surface area contributed by atoms with Crippen molar-refractivity contribution in [2.24, 2.45) is 4.99 Å². The number of rotatable bonds is 2. The fourth-order valence-corrected chi connectivity index (χ4v) is 2.95. The van der Waals surface area contributed by atoms with E-state index in [-0.39, 0.29) is 18.4 Å². The van der Waals surface area contributed by atoms with Crippen LogP contribution in [0.2, 0.25) is 0 Å². The van der Waals surface area contributed by atoms with Crippen LogP contribution in [0.15, 0.2) is 64.8 Å². The molecule has 2 aromatic carbocycles. The third kappa shape index (κ3) is 2.52. The molecule has 3 aliphatic rings. The molecule has 0 amide bonds. The lowest BCUT2D eigenvalue weighted by atomic mass is 10.1. The van der Waals surface area contributed by atoms with Crippen LogP contribution in [-0.2, 0) is 9.53 Å². The topological polar surface area (TPSA) is 66.4 Å². The number of fused-ring (bicyclic) bond motifs is 2. The van der Waals surface area contributed by atoms with Crippen molar-refractivity contribution in [2.45, 2.75) is 0 Å². The van der Waals surface area contributed by atoms with Gasteiger partial charge in [0.05, 0.1) is 0 Å². The van der Waals surface area contributed by atoms with Crippen molar-refractivity contribution >= 4 is 17.9 Å². The van der Waals surface area contributed by atoms with Crippen LogP contribution in [0.5, 0.6) is 17.2 Å². The second kappa shape index (κ2) is 5.77. The SMILES string of the molecule is O=C1OC(c2ccc3c(c2)OCO3)=NC1=CC1=Cc2ccccc2OC1. The highest BCUT2D eigenvalue weighted by molar-refractivity contribution is 6.11. The van der Waals surface area contributed by atoms with Crippen molar-refractivity contribution in [3.05, 3.63) is 70.9 Å². The minimum Gasteiger partial charge on any atom is -0.488 e.